The van der Waals surface area contributed by atoms with Crippen molar-refractivity contribution in [3.05, 3.63) is 53.1 Å². The number of benzene rings is 2. The monoisotopic (exact) mass is 418 g/mol. The molecule has 1 aliphatic carbocycles. The van der Waals surface area contributed by atoms with Gasteiger partial charge < -0.3 is 20.7 Å². The topological polar surface area (TPSA) is 108 Å². The Morgan fingerprint density at radius 3 is 2.55 bits per heavy atom. The van der Waals surface area contributed by atoms with Gasteiger partial charge in [0, 0.05) is 30.1 Å². The van der Waals surface area contributed by atoms with E-state index in [1.54, 1.807) is 38.3 Å². The highest BCUT2D eigenvalue weighted by Crippen LogP contribution is 2.50. The normalized spacial score (nSPS) is 22.3. The number of methoxy groups -OCH3 is 1. The number of hydrogen-bond acceptors (Lipinski definition) is 5. The molecule has 0 bridgehead atoms. The maximum absolute atomic E-state index is 12.7. The van der Waals surface area contributed by atoms with Crippen LogP contribution in [0.2, 0.25) is 0 Å². The Bertz CT molecular complexity index is 1090. The fraction of sp³-hybridized carbons (Fsp3) is 0.375. The molecule has 7 nitrogen and oxygen atoms in total. The van der Waals surface area contributed by atoms with Crippen LogP contribution < -0.4 is 20.7 Å². The van der Waals surface area contributed by atoms with Crippen LogP contribution in [0.5, 0.6) is 5.75 Å². The number of amides is 2. The van der Waals surface area contributed by atoms with Crippen molar-refractivity contribution in [1.29, 1.82) is 5.26 Å². The van der Waals surface area contributed by atoms with Gasteiger partial charge in [0.2, 0.25) is 11.8 Å². The van der Waals surface area contributed by atoms with Gasteiger partial charge in [-0.1, -0.05) is 6.92 Å². The van der Waals surface area contributed by atoms with Crippen molar-refractivity contribution in [1.82, 2.24) is 0 Å². The van der Waals surface area contributed by atoms with Crippen LogP contribution in [0.15, 0.2) is 36.4 Å². The summed E-state index contributed by atoms with van der Waals surface area (Å²) in [6, 6.07) is 12.6. The molecule has 0 saturated heterocycles. The van der Waals surface area contributed by atoms with E-state index in [-0.39, 0.29) is 23.9 Å². The Morgan fingerprint density at radius 2 is 1.97 bits per heavy atom. The largest absolute Gasteiger partial charge is 0.497 e. The first-order valence-electron chi connectivity index (χ1n) is 10.4. The minimum Gasteiger partial charge on any atom is -0.497 e. The second-order valence-electron chi connectivity index (χ2n) is 8.36. The maximum Gasteiger partial charge on any atom is 0.248 e. The quantitative estimate of drug-likeness (QED) is 0.771. The van der Waals surface area contributed by atoms with E-state index in [2.05, 4.69) is 18.3 Å². The van der Waals surface area contributed by atoms with Crippen LogP contribution in [0.1, 0.15) is 54.2 Å². The third-order valence-electron chi connectivity index (χ3n) is 6.37. The van der Waals surface area contributed by atoms with Gasteiger partial charge in [0.25, 0.3) is 0 Å². The van der Waals surface area contributed by atoms with E-state index >= 15 is 0 Å². The van der Waals surface area contributed by atoms with Gasteiger partial charge in [-0.25, -0.2) is 0 Å². The minimum absolute atomic E-state index is 0.0163. The number of nitrogens with zero attached hydrogens (tertiary/aromatic N) is 2. The highest BCUT2D eigenvalue weighted by atomic mass is 16.5. The smallest absolute Gasteiger partial charge is 0.248 e. The summed E-state index contributed by atoms with van der Waals surface area (Å²) in [5.41, 5.74) is 8.70. The molecule has 7 heteroatoms. The lowest BCUT2D eigenvalue weighted by molar-refractivity contribution is -0.117. The number of primary amides is 1. The third kappa shape index (κ3) is 3.70. The number of fused-ring (bicyclic) bond motifs is 1. The van der Waals surface area contributed by atoms with Gasteiger partial charge in [0.05, 0.1) is 24.4 Å². The number of nitriles is 1. The first-order valence-corrected chi connectivity index (χ1v) is 10.4. The Kier molecular flexibility index (Phi) is 5.32. The second-order valence-corrected chi connectivity index (χ2v) is 8.36. The summed E-state index contributed by atoms with van der Waals surface area (Å²) < 4.78 is 5.24. The fourth-order valence-corrected chi connectivity index (χ4v) is 4.76. The van der Waals surface area contributed by atoms with Crippen molar-refractivity contribution in [2.24, 2.45) is 17.6 Å². The molecule has 2 aromatic rings. The minimum atomic E-state index is -0.518. The van der Waals surface area contributed by atoms with Gasteiger partial charge in [0.1, 0.15) is 11.8 Å². The van der Waals surface area contributed by atoms with E-state index < -0.39 is 5.91 Å². The molecule has 2 amide bonds. The molecule has 1 fully saturated rings. The lowest BCUT2D eigenvalue weighted by atomic mass is 9.79. The molecule has 4 rings (SSSR count). The van der Waals surface area contributed by atoms with Gasteiger partial charge in [-0.05, 0) is 60.7 Å². The summed E-state index contributed by atoms with van der Waals surface area (Å²) in [6.07, 6.45) is 2.18. The summed E-state index contributed by atoms with van der Waals surface area (Å²) in [5.74, 6) is 0.570. The van der Waals surface area contributed by atoms with Gasteiger partial charge in [-0.3, -0.25) is 9.59 Å². The molecule has 1 unspecified atom stereocenters. The molecule has 2 aromatic carbocycles. The van der Waals surface area contributed by atoms with Crippen molar-refractivity contribution in [2.75, 3.05) is 17.3 Å². The van der Waals surface area contributed by atoms with Crippen LogP contribution in [0, 0.1) is 23.2 Å². The van der Waals surface area contributed by atoms with Crippen LogP contribution in [-0.4, -0.2) is 25.0 Å². The van der Waals surface area contributed by atoms with Gasteiger partial charge in [-0.2, -0.15) is 5.26 Å². The van der Waals surface area contributed by atoms with Crippen molar-refractivity contribution in [3.8, 4) is 11.8 Å². The molecule has 31 heavy (non-hydrogen) atoms. The molecule has 3 atom stereocenters. The number of ether oxygens (including phenoxy) is 1. The van der Waals surface area contributed by atoms with Gasteiger partial charge in [-0.15, -0.1) is 0 Å². The number of hydrogen-bond donors (Lipinski definition) is 2. The number of nitrogens with one attached hydrogen (secondary N) is 1. The Hall–Kier alpha value is -3.53. The highest BCUT2D eigenvalue weighted by molar-refractivity contribution is 5.97. The van der Waals surface area contributed by atoms with E-state index in [9.17, 15) is 14.9 Å². The predicted octanol–water partition coefficient (Wildman–Crippen LogP) is 3.60. The Labute approximate surface area is 181 Å². The van der Waals surface area contributed by atoms with Crippen LogP contribution in [0.25, 0.3) is 0 Å². The summed E-state index contributed by atoms with van der Waals surface area (Å²) in [7, 11) is 1.56. The molecule has 3 N–H and O–H groups in total. The summed E-state index contributed by atoms with van der Waals surface area (Å²) in [4.78, 5) is 26.4. The summed E-state index contributed by atoms with van der Waals surface area (Å²) >= 11 is 0. The first kappa shape index (κ1) is 20.7. The van der Waals surface area contributed by atoms with Crippen molar-refractivity contribution < 1.29 is 14.3 Å². The Morgan fingerprint density at radius 1 is 1.23 bits per heavy atom. The van der Waals surface area contributed by atoms with Crippen molar-refractivity contribution >= 4 is 23.2 Å². The zero-order valence-corrected chi connectivity index (χ0v) is 17.9. The van der Waals surface area contributed by atoms with E-state index in [4.69, 9.17) is 10.5 Å². The third-order valence-corrected chi connectivity index (χ3v) is 6.37. The van der Waals surface area contributed by atoms with Crippen LogP contribution >= 0.6 is 0 Å². The maximum atomic E-state index is 12.7. The Balaban J connectivity index is 1.84. The first-order chi connectivity index (χ1) is 14.8. The van der Waals surface area contributed by atoms with Crippen LogP contribution in [0.3, 0.4) is 0 Å². The van der Waals surface area contributed by atoms with Crippen LogP contribution in [-0.2, 0) is 4.79 Å². The van der Waals surface area contributed by atoms with Crippen molar-refractivity contribution in [3.63, 3.8) is 0 Å². The molecule has 1 aliphatic heterocycles. The lowest BCUT2D eigenvalue weighted by Crippen LogP contribution is -2.51. The summed E-state index contributed by atoms with van der Waals surface area (Å²) in [6.45, 7) is 3.70. The molecule has 0 spiro atoms. The lowest BCUT2D eigenvalue weighted by Gasteiger charge is -2.46. The number of rotatable bonds is 5. The van der Waals surface area contributed by atoms with Crippen molar-refractivity contribution in [2.45, 2.75) is 38.8 Å². The average molecular weight is 418 g/mol. The summed E-state index contributed by atoms with van der Waals surface area (Å²) in [5, 5.41) is 13.2. The van der Waals surface area contributed by atoms with Gasteiger partial charge in [0.15, 0.2) is 0 Å². The fourth-order valence-electron chi connectivity index (χ4n) is 4.76. The number of carbonyl (C=O) groups excluding carboxylic acids is 2. The number of carbonyl (C=O) groups is 2. The zero-order chi connectivity index (χ0) is 22.3. The molecular weight excluding hydrogens is 392 g/mol. The highest BCUT2D eigenvalue weighted by Gasteiger charge is 2.47. The molecule has 1 heterocycles. The van der Waals surface area contributed by atoms with Gasteiger partial charge >= 0.3 is 0 Å². The SMILES string of the molecule is COc1ccc(N[C@H]2c3cc(C(N)=O)ccc3N(C(C)=O)[C@@H](C3CC3)C2C)c(C#N)c1. The molecule has 0 radical (unpaired) electrons. The zero-order valence-electron chi connectivity index (χ0n) is 17.9. The predicted molar refractivity (Wildman–Crippen MR) is 118 cm³/mol. The molecule has 160 valence electrons. The van der Waals surface area contributed by atoms with E-state index in [1.807, 2.05) is 17.0 Å². The molecule has 2 aliphatic rings. The molecular formula is C24H26N4O3. The van der Waals surface area contributed by atoms with E-state index in [0.29, 0.717) is 28.5 Å². The second kappa shape index (κ2) is 7.95. The average Bonchev–Trinajstić information content (AvgIpc) is 3.59. The number of anilines is 2. The van der Waals surface area contributed by atoms with E-state index in [0.717, 1.165) is 24.1 Å². The standard InChI is InChI=1S/C24H26N4O3/c1-13-22(27-20-8-7-18(31-3)10-17(20)12-25)19-11-16(24(26)30)6-9-21(19)28(14(2)29)23(13)15-4-5-15/h6-11,13,15,22-23,27H,4-5H2,1-3H3,(H2,26,30)/t13?,22-,23-/m1/s1. The van der Waals surface area contributed by atoms with E-state index in [1.165, 1.54) is 0 Å². The molecule has 1 saturated carbocycles. The number of nitrogens with two attached hydrogens (primary N) is 1. The van der Waals surface area contributed by atoms with Crippen LogP contribution in [0.4, 0.5) is 11.4 Å². The molecule has 0 aromatic heterocycles.